The minimum atomic E-state index is -0.0852. The smallest absolute Gasteiger partial charge is 0.233 e. The normalized spacial score (nSPS) is 18.7. The highest BCUT2D eigenvalue weighted by Gasteiger charge is 2.20. The molecule has 0 radical (unpaired) electrons. The molecule has 2 rings (SSSR count). The molecule has 124 valence electrons. The van der Waals surface area contributed by atoms with Gasteiger partial charge in [0.2, 0.25) is 17.7 Å². The lowest BCUT2D eigenvalue weighted by Crippen LogP contribution is -2.37. The molecule has 8 heteroatoms. The zero-order chi connectivity index (χ0) is 15.8. The molecule has 0 spiro atoms. The first kappa shape index (κ1) is 17.5. The Labute approximate surface area is 139 Å². The second kappa shape index (κ2) is 9.29. The first-order valence-electron chi connectivity index (χ1n) is 7.64. The van der Waals surface area contributed by atoms with Gasteiger partial charge in [0.05, 0.1) is 23.1 Å². The van der Waals surface area contributed by atoms with E-state index in [-0.39, 0.29) is 23.5 Å². The minimum absolute atomic E-state index is 0.0180. The van der Waals surface area contributed by atoms with Crippen molar-refractivity contribution in [3.8, 4) is 0 Å². The van der Waals surface area contributed by atoms with Crippen LogP contribution in [-0.4, -0.2) is 64.9 Å². The number of nitrogens with zero attached hydrogens (tertiary/aromatic N) is 1. The molecule has 1 saturated heterocycles. The molecule has 2 fully saturated rings. The Bertz CT molecular complexity index is 414. The Balaban J connectivity index is 1.48. The van der Waals surface area contributed by atoms with Gasteiger partial charge >= 0.3 is 0 Å². The summed E-state index contributed by atoms with van der Waals surface area (Å²) in [6.45, 7) is 1.03. The maximum Gasteiger partial charge on any atom is 0.233 e. The van der Waals surface area contributed by atoms with Crippen molar-refractivity contribution in [2.24, 2.45) is 0 Å². The number of rotatable bonds is 8. The van der Waals surface area contributed by atoms with E-state index in [9.17, 15) is 14.4 Å². The summed E-state index contributed by atoms with van der Waals surface area (Å²) >= 11 is 2.92. The number of thioether (sulfide) groups is 2. The molecule has 1 aliphatic heterocycles. The van der Waals surface area contributed by atoms with Crippen molar-refractivity contribution >= 4 is 41.2 Å². The van der Waals surface area contributed by atoms with Gasteiger partial charge in [0.25, 0.3) is 0 Å². The highest BCUT2D eigenvalue weighted by molar-refractivity contribution is 8.00. The number of nitrogens with one attached hydrogen (secondary N) is 2. The Morgan fingerprint density at radius 2 is 1.95 bits per heavy atom. The van der Waals surface area contributed by atoms with Crippen LogP contribution in [-0.2, 0) is 14.4 Å². The molecule has 0 unspecified atom stereocenters. The van der Waals surface area contributed by atoms with E-state index in [0.29, 0.717) is 36.5 Å². The summed E-state index contributed by atoms with van der Waals surface area (Å²) in [7, 11) is 0. The molecule has 0 aromatic carbocycles. The third-order valence-corrected chi connectivity index (χ3v) is 5.59. The van der Waals surface area contributed by atoms with Gasteiger partial charge in [-0.1, -0.05) is 12.8 Å². The molecule has 3 amide bonds. The van der Waals surface area contributed by atoms with Crippen LogP contribution >= 0.6 is 23.5 Å². The van der Waals surface area contributed by atoms with Crippen LogP contribution in [0.25, 0.3) is 0 Å². The molecule has 22 heavy (non-hydrogen) atoms. The van der Waals surface area contributed by atoms with Crippen LogP contribution in [0.4, 0.5) is 0 Å². The van der Waals surface area contributed by atoms with Crippen LogP contribution < -0.4 is 10.6 Å². The van der Waals surface area contributed by atoms with E-state index in [1.54, 1.807) is 16.7 Å². The SMILES string of the molecule is O=C(CSCC(=O)NC1CCCC1)NCCN1CSCC1=O. The van der Waals surface area contributed by atoms with Gasteiger partial charge in [-0.2, -0.15) is 0 Å². The number of carbonyl (C=O) groups excluding carboxylic acids is 3. The minimum Gasteiger partial charge on any atom is -0.354 e. The van der Waals surface area contributed by atoms with Crippen LogP contribution in [0.2, 0.25) is 0 Å². The standard InChI is InChI=1S/C14H23N3O3S2/c18-12(15-5-6-17-10-22-9-14(17)20)7-21-8-13(19)16-11-3-1-2-4-11/h11H,1-10H2,(H,15,18)(H,16,19). The summed E-state index contributed by atoms with van der Waals surface area (Å²) in [5.41, 5.74) is 0. The number of hydrogen-bond acceptors (Lipinski definition) is 5. The predicted octanol–water partition coefficient (Wildman–Crippen LogP) is 0.427. The second-order valence-electron chi connectivity index (χ2n) is 5.53. The fourth-order valence-electron chi connectivity index (χ4n) is 2.55. The van der Waals surface area contributed by atoms with Crippen LogP contribution in [0.15, 0.2) is 0 Å². The lowest BCUT2D eigenvalue weighted by atomic mass is 10.2. The third kappa shape index (κ3) is 6.08. The van der Waals surface area contributed by atoms with E-state index in [2.05, 4.69) is 10.6 Å². The monoisotopic (exact) mass is 345 g/mol. The van der Waals surface area contributed by atoms with E-state index in [0.717, 1.165) is 12.8 Å². The van der Waals surface area contributed by atoms with Crippen molar-refractivity contribution < 1.29 is 14.4 Å². The van der Waals surface area contributed by atoms with E-state index in [4.69, 9.17) is 0 Å². The summed E-state index contributed by atoms with van der Waals surface area (Å²) in [5.74, 6) is 1.93. The molecular formula is C14H23N3O3S2. The van der Waals surface area contributed by atoms with Gasteiger partial charge in [0.1, 0.15) is 0 Å². The van der Waals surface area contributed by atoms with Crippen molar-refractivity contribution in [2.45, 2.75) is 31.7 Å². The highest BCUT2D eigenvalue weighted by Crippen LogP contribution is 2.17. The van der Waals surface area contributed by atoms with E-state index in [1.165, 1.54) is 24.6 Å². The molecule has 2 aliphatic rings. The van der Waals surface area contributed by atoms with Crippen molar-refractivity contribution in [1.82, 2.24) is 15.5 Å². The molecule has 0 atom stereocenters. The summed E-state index contributed by atoms with van der Waals surface area (Å²) in [6, 6.07) is 0.331. The number of hydrogen-bond donors (Lipinski definition) is 2. The van der Waals surface area contributed by atoms with Crippen LogP contribution in [0, 0.1) is 0 Å². The van der Waals surface area contributed by atoms with Gasteiger partial charge in [-0.05, 0) is 12.8 Å². The molecule has 0 bridgehead atoms. The van der Waals surface area contributed by atoms with Crippen molar-refractivity contribution in [2.75, 3.05) is 36.2 Å². The van der Waals surface area contributed by atoms with Gasteiger partial charge < -0.3 is 15.5 Å². The molecular weight excluding hydrogens is 322 g/mol. The van der Waals surface area contributed by atoms with Gasteiger partial charge in [-0.25, -0.2) is 0 Å². The topological polar surface area (TPSA) is 78.5 Å². The third-order valence-electron chi connectivity index (χ3n) is 3.72. The lowest BCUT2D eigenvalue weighted by molar-refractivity contribution is -0.127. The zero-order valence-corrected chi connectivity index (χ0v) is 14.3. The van der Waals surface area contributed by atoms with Gasteiger partial charge in [-0.3, -0.25) is 14.4 Å². The van der Waals surface area contributed by atoms with Crippen LogP contribution in [0.5, 0.6) is 0 Å². The largest absolute Gasteiger partial charge is 0.354 e. The molecule has 0 aromatic rings. The summed E-state index contributed by atoms with van der Waals surface area (Å²) in [4.78, 5) is 36.5. The van der Waals surface area contributed by atoms with Gasteiger partial charge in [-0.15, -0.1) is 23.5 Å². The lowest BCUT2D eigenvalue weighted by Gasteiger charge is -2.14. The number of amides is 3. The van der Waals surface area contributed by atoms with Crippen molar-refractivity contribution in [1.29, 1.82) is 0 Å². The highest BCUT2D eigenvalue weighted by atomic mass is 32.2. The van der Waals surface area contributed by atoms with Crippen LogP contribution in [0.1, 0.15) is 25.7 Å². The van der Waals surface area contributed by atoms with Gasteiger partial charge in [0.15, 0.2) is 0 Å². The molecule has 0 aromatic heterocycles. The summed E-state index contributed by atoms with van der Waals surface area (Å²) < 4.78 is 0. The Hall–Kier alpha value is -0.890. The summed E-state index contributed by atoms with van der Waals surface area (Å²) in [5, 5.41) is 5.78. The maximum absolute atomic E-state index is 11.7. The van der Waals surface area contributed by atoms with Gasteiger partial charge in [0, 0.05) is 19.1 Å². The number of carbonyl (C=O) groups is 3. The van der Waals surface area contributed by atoms with Crippen molar-refractivity contribution in [3.05, 3.63) is 0 Å². The molecule has 1 heterocycles. The van der Waals surface area contributed by atoms with E-state index >= 15 is 0 Å². The van der Waals surface area contributed by atoms with E-state index in [1.807, 2.05) is 0 Å². The van der Waals surface area contributed by atoms with E-state index < -0.39 is 0 Å². The fraction of sp³-hybridized carbons (Fsp3) is 0.786. The quantitative estimate of drug-likeness (QED) is 0.667. The first-order chi connectivity index (χ1) is 10.6. The first-order valence-corrected chi connectivity index (χ1v) is 9.95. The Kier molecular flexibility index (Phi) is 7.38. The van der Waals surface area contributed by atoms with Crippen LogP contribution in [0.3, 0.4) is 0 Å². The van der Waals surface area contributed by atoms with Crippen molar-refractivity contribution in [3.63, 3.8) is 0 Å². The molecule has 2 N–H and O–H groups in total. The molecule has 1 aliphatic carbocycles. The Morgan fingerprint density at radius 1 is 1.23 bits per heavy atom. The average Bonchev–Trinajstić information content (AvgIpc) is 3.11. The Morgan fingerprint density at radius 3 is 2.64 bits per heavy atom. The zero-order valence-electron chi connectivity index (χ0n) is 12.6. The second-order valence-corrected chi connectivity index (χ2v) is 7.47. The average molecular weight is 345 g/mol. The predicted molar refractivity (Wildman–Crippen MR) is 89.8 cm³/mol. The molecule has 6 nitrogen and oxygen atoms in total. The molecule has 1 saturated carbocycles. The fourth-order valence-corrected chi connectivity index (χ4v) is 4.15. The maximum atomic E-state index is 11.7. The summed E-state index contributed by atoms with van der Waals surface area (Å²) in [6.07, 6.45) is 4.53.